The lowest BCUT2D eigenvalue weighted by Gasteiger charge is -2.37. The Balaban J connectivity index is 1.32. The predicted octanol–water partition coefficient (Wildman–Crippen LogP) is 1.69. The number of hydrogen-bond donors (Lipinski definition) is 4. The molecule has 0 spiro atoms. The number of thioether (sulfide) groups is 1. The van der Waals surface area contributed by atoms with E-state index in [0.29, 0.717) is 37.2 Å². The average molecular weight is 518 g/mol. The number of piperidine rings is 1. The van der Waals surface area contributed by atoms with Crippen molar-refractivity contribution >= 4 is 35.4 Å². The van der Waals surface area contributed by atoms with Crippen molar-refractivity contribution in [3.63, 3.8) is 0 Å². The van der Waals surface area contributed by atoms with E-state index in [9.17, 15) is 23.2 Å². The van der Waals surface area contributed by atoms with Crippen LogP contribution >= 0.6 is 11.8 Å². The van der Waals surface area contributed by atoms with Crippen molar-refractivity contribution in [1.29, 1.82) is 0 Å². The van der Waals surface area contributed by atoms with Gasteiger partial charge < -0.3 is 20.7 Å². The van der Waals surface area contributed by atoms with Gasteiger partial charge in [-0.05, 0) is 44.1 Å². The summed E-state index contributed by atoms with van der Waals surface area (Å²) in [5, 5.41) is 12.6. The number of fused-ring (bicyclic) bond motifs is 1. The van der Waals surface area contributed by atoms with Crippen molar-refractivity contribution in [2.24, 2.45) is 5.10 Å². The third-order valence-electron chi connectivity index (χ3n) is 5.83. The molecule has 0 aromatic heterocycles. The van der Waals surface area contributed by atoms with Gasteiger partial charge in [0.2, 0.25) is 17.7 Å². The lowest BCUT2D eigenvalue weighted by Crippen LogP contribution is -2.63. The largest absolute Gasteiger partial charge is 0.440 e. The molecule has 0 atom stereocenters. The summed E-state index contributed by atoms with van der Waals surface area (Å²) in [7, 11) is 0. The SMILES string of the molecule is O=C(CSCC1=NNC(=O)c2ccccc2O1)NC1(C(=O)NCc2ccc(F)cc2F)CCNCC1. The number of rotatable bonds is 8. The van der Waals surface area contributed by atoms with E-state index < -0.39 is 23.1 Å². The molecule has 3 amide bonds. The first-order valence-electron chi connectivity index (χ1n) is 11.3. The van der Waals surface area contributed by atoms with E-state index in [1.807, 2.05) is 0 Å². The number of benzene rings is 2. The summed E-state index contributed by atoms with van der Waals surface area (Å²) in [5.41, 5.74) is 1.77. The molecule has 1 saturated heterocycles. The van der Waals surface area contributed by atoms with Crippen LogP contribution in [0.1, 0.15) is 28.8 Å². The molecular formula is C24H25F2N5O4S. The van der Waals surface area contributed by atoms with Crippen molar-refractivity contribution in [2.75, 3.05) is 24.6 Å². The molecule has 0 unspecified atom stereocenters. The van der Waals surface area contributed by atoms with Crippen LogP contribution in [0.4, 0.5) is 8.78 Å². The Morgan fingerprint density at radius 2 is 1.92 bits per heavy atom. The minimum Gasteiger partial charge on any atom is -0.440 e. The van der Waals surface area contributed by atoms with E-state index in [0.717, 1.165) is 12.1 Å². The van der Waals surface area contributed by atoms with E-state index in [1.54, 1.807) is 24.3 Å². The van der Waals surface area contributed by atoms with Crippen LogP contribution in [-0.4, -0.2) is 53.8 Å². The zero-order chi connectivity index (χ0) is 25.5. The van der Waals surface area contributed by atoms with Gasteiger partial charge in [0.05, 0.1) is 17.1 Å². The van der Waals surface area contributed by atoms with Gasteiger partial charge in [0, 0.05) is 18.2 Å². The second-order valence-electron chi connectivity index (χ2n) is 8.34. The van der Waals surface area contributed by atoms with E-state index in [1.165, 1.54) is 17.8 Å². The topological polar surface area (TPSA) is 121 Å². The Kier molecular flexibility index (Phi) is 8.16. The molecular weight excluding hydrogens is 492 g/mol. The summed E-state index contributed by atoms with van der Waals surface area (Å²) in [4.78, 5) is 37.9. The fraction of sp³-hybridized carbons (Fsp3) is 0.333. The molecule has 2 aromatic carbocycles. The number of carbonyl (C=O) groups excluding carboxylic acids is 3. The van der Waals surface area contributed by atoms with Gasteiger partial charge >= 0.3 is 0 Å². The molecule has 2 aromatic rings. The Labute approximate surface area is 210 Å². The van der Waals surface area contributed by atoms with Crippen LogP contribution in [0.2, 0.25) is 0 Å². The minimum absolute atomic E-state index is 0.0209. The van der Waals surface area contributed by atoms with Gasteiger partial charge in [-0.15, -0.1) is 16.9 Å². The highest BCUT2D eigenvalue weighted by molar-refractivity contribution is 8.00. The lowest BCUT2D eigenvalue weighted by molar-refractivity contribution is -0.134. The average Bonchev–Trinajstić information content (AvgIpc) is 3.02. The highest BCUT2D eigenvalue weighted by Crippen LogP contribution is 2.22. The fourth-order valence-corrected chi connectivity index (χ4v) is 4.59. The molecule has 2 heterocycles. The zero-order valence-electron chi connectivity index (χ0n) is 19.2. The zero-order valence-corrected chi connectivity index (χ0v) is 20.1. The molecule has 12 heteroatoms. The Bertz CT molecular complexity index is 1190. The van der Waals surface area contributed by atoms with E-state index in [-0.39, 0.29) is 41.3 Å². The van der Waals surface area contributed by atoms with Crippen LogP contribution < -0.4 is 26.1 Å². The number of carbonyl (C=O) groups is 3. The van der Waals surface area contributed by atoms with Crippen molar-refractivity contribution in [1.82, 2.24) is 21.4 Å². The molecule has 4 rings (SSSR count). The number of amides is 3. The van der Waals surface area contributed by atoms with E-state index >= 15 is 0 Å². The van der Waals surface area contributed by atoms with Gasteiger partial charge in [-0.1, -0.05) is 18.2 Å². The van der Waals surface area contributed by atoms with Crippen LogP contribution in [0.25, 0.3) is 0 Å². The number of nitrogens with zero attached hydrogens (tertiary/aromatic N) is 1. The van der Waals surface area contributed by atoms with E-state index in [2.05, 4.69) is 26.5 Å². The van der Waals surface area contributed by atoms with Crippen molar-refractivity contribution in [2.45, 2.75) is 24.9 Å². The minimum atomic E-state index is -1.15. The summed E-state index contributed by atoms with van der Waals surface area (Å²) in [6, 6.07) is 9.89. The molecule has 0 saturated carbocycles. The monoisotopic (exact) mass is 517 g/mol. The molecule has 190 valence electrons. The van der Waals surface area contributed by atoms with Gasteiger partial charge in [0.25, 0.3) is 5.91 Å². The van der Waals surface area contributed by atoms with Crippen LogP contribution in [0.5, 0.6) is 5.75 Å². The maximum absolute atomic E-state index is 14.0. The summed E-state index contributed by atoms with van der Waals surface area (Å²) < 4.78 is 32.8. The molecule has 0 aliphatic carbocycles. The number of halogens is 2. The van der Waals surface area contributed by atoms with Crippen molar-refractivity contribution in [3.05, 3.63) is 65.2 Å². The van der Waals surface area contributed by atoms with Crippen LogP contribution in [-0.2, 0) is 16.1 Å². The number of para-hydroxylation sites is 1. The number of nitrogens with one attached hydrogen (secondary N) is 4. The van der Waals surface area contributed by atoms with Crippen molar-refractivity contribution < 1.29 is 27.9 Å². The molecule has 36 heavy (non-hydrogen) atoms. The van der Waals surface area contributed by atoms with Gasteiger partial charge in [0.1, 0.15) is 22.9 Å². The normalized spacial score (nSPS) is 16.5. The number of hydrazone groups is 1. The molecule has 2 aliphatic rings. The summed E-state index contributed by atoms with van der Waals surface area (Å²) in [5.74, 6) is -1.78. The molecule has 1 fully saturated rings. The lowest BCUT2D eigenvalue weighted by atomic mass is 9.87. The summed E-state index contributed by atoms with van der Waals surface area (Å²) in [6.07, 6.45) is 0.722. The Morgan fingerprint density at radius 3 is 2.69 bits per heavy atom. The van der Waals surface area contributed by atoms with Gasteiger partial charge in [-0.2, -0.15) is 0 Å². The molecule has 9 nitrogen and oxygen atoms in total. The molecule has 0 radical (unpaired) electrons. The summed E-state index contributed by atoms with van der Waals surface area (Å²) in [6.45, 7) is 0.917. The van der Waals surface area contributed by atoms with E-state index in [4.69, 9.17) is 4.74 Å². The van der Waals surface area contributed by atoms with Crippen LogP contribution in [0.3, 0.4) is 0 Å². The van der Waals surface area contributed by atoms with Gasteiger partial charge in [-0.3, -0.25) is 14.4 Å². The molecule has 2 aliphatic heterocycles. The van der Waals surface area contributed by atoms with Gasteiger partial charge in [-0.25, -0.2) is 14.2 Å². The first kappa shape index (κ1) is 25.6. The summed E-state index contributed by atoms with van der Waals surface area (Å²) >= 11 is 1.21. The predicted molar refractivity (Wildman–Crippen MR) is 130 cm³/mol. The Hall–Kier alpha value is -3.51. The third-order valence-corrected chi connectivity index (χ3v) is 6.74. The highest BCUT2D eigenvalue weighted by atomic mass is 32.2. The smallest absolute Gasteiger partial charge is 0.275 e. The Morgan fingerprint density at radius 1 is 1.14 bits per heavy atom. The maximum atomic E-state index is 14.0. The quantitative estimate of drug-likeness (QED) is 0.423. The first-order valence-corrected chi connectivity index (χ1v) is 12.5. The van der Waals surface area contributed by atoms with Gasteiger partial charge in [0.15, 0.2) is 0 Å². The number of hydrogen-bond acceptors (Lipinski definition) is 7. The van der Waals surface area contributed by atoms with Crippen LogP contribution in [0, 0.1) is 11.6 Å². The second-order valence-corrected chi connectivity index (χ2v) is 9.32. The highest BCUT2D eigenvalue weighted by Gasteiger charge is 2.40. The standard InChI is InChI=1S/C24H25F2N5O4S/c25-16-6-5-15(18(26)11-16)12-28-23(34)24(7-9-27-10-8-24)29-20(32)13-36-14-21-30-31-22(33)17-3-1-2-4-19(17)35-21/h1-6,11,27H,7-10,12-14H2,(H,28,34)(H,29,32)(H,31,33). The number of ether oxygens (including phenoxy) is 1. The van der Waals surface area contributed by atoms with Crippen molar-refractivity contribution in [3.8, 4) is 5.75 Å². The molecule has 0 bridgehead atoms. The fourth-order valence-electron chi connectivity index (χ4n) is 3.93. The third kappa shape index (κ3) is 6.18. The first-order chi connectivity index (χ1) is 17.4. The van der Waals surface area contributed by atoms with Crippen LogP contribution in [0.15, 0.2) is 47.6 Å². The molecule has 4 N–H and O–H groups in total. The maximum Gasteiger partial charge on any atom is 0.275 e. The second kappa shape index (κ2) is 11.5.